The van der Waals surface area contributed by atoms with Crippen LogP contribution in [-0.2, 0) is 9.59 Å². The molecule has 8 nitrogen and oxygen atoms in total. The van der Waals surface area contributed by atoms with Gasteiger partial charge in [-0.15, -0.1) is 0 Å². The van der Waals surface area contributed by atoms with Gasteiger partial charge in [-0.2, -0.15) is 0 Å². The van der Waals surface area contributed by atoms with E-state index in [1.165, 1.54) is 0 Å². The summed E-state index contributed by atoms with van der Waals surface area (Å²) in [5, 5.41) is 8.41. The van der Waals surface area contributed by atoms with Crippen LogP contribution in [0.15, 0.2) is 48.5 Å². The summed E-state index contributed by atoms with van der Waals surface area (Å²) in [6, 6.07) is 13.7. The fraction of sp³-hybridized carbons (Fsp3) is 0.348. The molecule has 0 atom stereocenters. The number of anilines is 2. The first-order valence-corrected chi connectivity index (χ1v) is 9.91. The maximum atomic E-state index is 12.7. The van der Waals surface area contributed by atoms with Crippen molar-refractivity contribution >= 4 is 29.1 Å². The lowest BCUT2D eigenvalue weighted by Crippen LogP contribution is -2.46. The molecule has 0 unspecified atom stereocenters. The highest BCUT2D eigenvalue weighted by Crippen LogP contribution is 2.19. The fourth-order valence-electron chi connectivity index (χ4n) is 2.86. The quantitative estimate of drug-likeness (QED) is 0.603. The molecule has 0 aromatic heterocycles. The molecular formula is C23H30N4O4. The molecule has 0 aliphatic carbocycles. The van der Waals surface area contributed by atoms with Gasteiger partial charge in [0.2, 0.25) is 11.8 Å². The molecule has 166 valence electrons. The molecule has 0 radical (unpaired) electrons. The molecule has 2 aromatic carbocycles. The minimum atomic E-state index is -0.348. The lowest BCUT2D eigenvalue weighted by Gasteiger charge is -2.23. The summed E-state index contributed by atoms with van der Waals surface area (Å²) >= 11 is 0. The molecule has 2 rings (SSSR count). The number of methoxy groups -OCH3 is 1. The van der Waals surface area contributed by atoms with Crippen molar-refractivity contribution in [1.82, 2.24) is 10.2 Å². The van der Waals surface area contributed by atoms with E-state index in [4.69, 9.17) is 4.74 Å². The molecule has 8 heteroatoms. The molecule has 0 aliphatic heterocycles. The van der Waals surface area contributed by atoms with Gasteiger partial charge in [-0.1, -0.05) is 12.1 Å². The SMILES string of the molecule is COc1ccc(NC(=O)c2ccccc2NC(=O)CN(C)CC(=O)NC(C)(C)C)cc1. The average molecular weight is 427 g/mol. The molecule has 0 heterocycles. The number of likely N-dealkylation sites (N-methyl/N-ethyl adjacent to an activating group) is 1. The topological polar surface area (TPSA) is 99.8 Å². The molecule has 0 aliphatic rings. The van der Waals surface area contributed by atoms with E-state index in [2.05, 4.69) is 16.0 Å². The Morgan fingerprint density at radius 3 is 2.13 bits per heavy atom. The largest absolute Gasteiger partial charge is 0.497 e. The van der Waals surface area contributed by atoms with E-state index in [1.54, 1.807) is 67.6 Å². The standard InChI is InChI=1S/C23H30N4O4/c1-23(2,3)26-21(29)15-27(4)14-20(28)25-19-9-7-6-8-18(19)22(30)24-16-10-12-17(31-5)13-11-16/h6-13H,14-15H2,1-5H3,(H,24,30)(H,25,28)(H,26,29). The van der Waals surface area contributed by atoms with Crippen molar-refractivity contribution in [3.8, 4) is 5.75 Å². The van der Waals surface area contributed by atoms with Gasteiger partial charge < -0.3 is 20.7 Å². The molecule has 2 aromatic rings. The molecule has 0 bridgehead atoms. The van der Waals surface area contributed by atoms with Gasteiger partial charge in [-0.3, -0.25) is 19.3 Å². The Kier molecular flexibility index (Phi) is 8.15. The normalized spacial score (nSPS) is 11.0. The molecule has 0 saturated carbocycles. The van der Waals surface area contributed by atoms with Crippen molar-refractivity contribution in [2.75, 3.05) is 37.9 Å². The number of benzene rings is 2. The van der Waals surface area contributed by atoms with Crippen molar-refractivity contribution in [2.24, 2.45) is 0 Å². The second kappa shape index (κ2) is 10.6. The lowest BCUT2D eigenvalue weighted by molar-refractivity contribution is -0.124. The molecule has 3 amide bonds. The fourth-order valence-corrected chi connectivity index (χ4v) is 2.86. The Balaban J connectivity index is 1.98. The molecule has 31 heavy (non-hydrogen) atoms. The summed E-state index contributed by atoms with van der Waals surface area (Å²) < 4.78 is 5.11. The maximum Gasteiger partial charge on any atom is 0.257 e. The van der Waals surface area contributed by atoms with E-state index < -0.39 is 0 Å². The van der Waals surface area contributed by atoms with Crippen LogP contribution in [0.5, 0.6) is 5.75 Å². The Morgan fingerprint density at radius 2 is 1.52 bits per heavy atom. The van der Waals surface area contributed by atoms with E-state index in [9.17, 15) is 14.4 Å². The van der Waals surface area contributed by atoms with Crippen LogP contribution in [-0.4, -0.2) is 55.4 Å². The highest BCUT2D eigenvalue weighted by atomic mass is 16.5. The zero-order valence-corrected chi connectivity index (χ0v) is 18.6. The summed E-state index contributed by atoms with van der Waals surface area (Å²) in [5.41, 5.74) is 0.999. The first kappa shape index (κ1) is 23.9. The first-order chi connectivity index (χ1) is 14.6. The minimum absolute atomic E-state index is 0.00595. The molecule has 3 N–H and O–H groups in total. The van der Waals surface area contributed by atoms with Crippen molar-refractivity contribution < 1.29 is 19.1 Å². The Bertz CT molecular complexity index is 920. The number of para-hydroxylation sites is 1. The number of carbonyl (C=O) groups excluding carboxylic acids is 3. The van der Waals surface area contributed by atoms with Gasteiger partial charge >= 0.3 is 0 Å². The number of rotatable bonds is 8. The summed E-state index contributed by atoms with van der Waals surface area (Å²) in [4.78, 5) is 38.8. The summed E-state index contributed by atoms with van der Waals surface area (Å²) in [5.74, 6) is -0.150. The number of nitrogens with zero attached hydrogens (tertiary/aromatic N) is 1. The highest BCUT2D eigenvalue weighted by molar-refractivity contribution is 6.10. The summed E-state index contributed by atoms with van der Waals surface area (Å²) in [6.07, 6.45) is 0. The van der Waals surface area contributed by atoms with Gasteiger partial charge in [0, 0.05) is 11.2 Å². The number of carbonyl (C=O) groups is 3. The van der Waals surface area contributed by atoms with Gasteiger partial charge in [-0.05, 0) is 64.2 Å². The number of amides is 3. The third-order valence-electron chi connectivity index (χ3n) is 4.14. The van der Waals surface area contributed by atoms with Gasteiger partial charge in [0.15, 0.2) is 0 Å². The number of hydrogen-bond donors (Lipinski definition) is 3. The second-order valence-corrected chi connectivity index (χ2v) is 8.25. The van der Waals surface area contributed by atoms with Crippen molar-refractivity contribution in [3.05, 3.63) is 54.1 Å². The highest BCUT2D eigenvalue weighted by Gasteiger charge is 2.18. The van der Waals surface area contributed by atoms with Gasteiger partial charge in [-0.25, -0.2) is 0 Å². The van der Waals surface area contributed by atoms with Crippen molar-refractivity contribution in [1.29, 1.82) is 0 Å². The van der Waals surface area contributed by atoms with Gasteiger partial charge in [0.1, 0.15) is 5.75 Å². The van der Waals surface area contributed by atoms with Gasteiger partial charge in [0.05, 0.1) is 31.5 Å². The zero-order chi connectivity index (χ0) is 23.0. The summed E-state index contributed by atoms with van der Waals surface area (Å²) in [7, 11) is 3.26. The Hall–Kier alpha value is -3.39. The molecule has 0 spiro atoms. The monoisotopic (exact) mass is 426 g/mol. The number of ether oxygens (including phenoxy) is 1. The third-order valence-corrected chi connectivity index (χ3v) is 4.14. The minimum Gasteiger partial charge on any atom is -0.497 e. The summed E-state index contributed by atoms with van der Waals surface area (Å²) in [6.45, 7) is 5.78. The van der Waals surface area contributed by atoms with E-state index in [0.717, 1.165) is 0 Å². The van der Waals surface area contributed by atoms with Crippen molar-refractivity contribution in [3.63, 3.8) is 0 Å². The molecule has 0 fully saturated rings. The van der Waals surface area contributed by atoms with Gasteiger partial charge in [0.25, 0.3) is 5.91 Å². The zero-order valence-electron chi connectivity index (χ0n) is 18.6. The Morgan fingerprint density at radius 1 is 0.903 bits per heavy atom. The maximum absolute atomic E-state index is 12.7. The molecule has 0 saturated heterocycles. The third kappa shape index (κ3) is 8.10. The second-order valence-electron chi connectivity index (χ2n) is 8.25. The smallest absolute Gasteiger partial charge is 0.257 e. The lowest BCUT2D eigenvalue weighted by atomic mass is 10.1. The van der Waals surface area contributed by atoms with Crippen LogP contribution < -0.4 is 20.7 Å². The average Bonchev–Trinajstić information content (AvgIpc) is 2.67. The Labute approximate surface area is 183 Å². The molecular weight excluding hydrogens is 396 g/mol. The van der Waals surface area contributed by atoms with Crippen LogP contribution in [0.25, 0.3) is 0 Å². The van der Waals surface area contributed by atoms with Crippen LogP contribution in [0.3, 0.4) is 0 Å². The first-order valence-electron chi connectivity index (χ1n) is 9.91. The van der Waals surface area contributed by atoms with Crippen LogP contribution in [0.1, 0.15) is 31.1 Å². The predicted molar refractivity (Wildman–Crippen MR) is 121 cm³/mol. The van der Waals surface area contributed by atoms with E-state index >= 15 is 0 Å². The van der Waals surface area contributed by atoms with E-state index in [1.807, 2.05) is 20.8 Å². The van der Waals surface area contributed by atoms with Crippen molar-refractivity contribution in [2.45, 2.75) is 26.3 Å². The number of hydrogen-bond acceptors (Lipinski definition) is 5. The number of nitrogens with one attached hydrogen (secondary N) is 3. The predicted octanol–water partition coefficient (Wildman–Crippen LogP) is 2.73. The van der Waals surface area contributed by atoms with Crippen LogP contribution in [0.4, 0.5) is 11.4 Å². The van der Waals surface area contributed by atoms with E-state index in [-0.39, 0.29) is 36.3 Å². The van der Waals surface area contributed by atoms with Crippen LogP contribution in [0.2, 0.25) is 0 Å². The van der Waals surface area contributed by atoms with E-state index in [0.29, 0.717) is 22.7 Å². The van der Waals surface area contributed by atoms with Crippen LogP contribution in [0, 0.1) is 0 Å². The van der Waals surface area contributed by atoms with Crippen LogP contribution >= 0.6 is 0 Å².